The summed E-state index contributed by atoms with van der Waals surface area (Å²) in [6.07, 6.45) is 3.21. The monoisotopic (exact) mass is 456 g/mol. The number of nitrogens with two attached hydrogens (primary N) is 1. The van der Waals surface area contributed by atoms with Crippen LogP contribution in [0.3, 0.4) is 0 Å². The molecule has 1 fully saturated rings. The first-order valence-corrected chi connectivity index (χ1v) is 10.6. The molecule has 4 rings (SSSR count). The molecule has 32 heavy (non-hydrogen) atoms. The molecule has 0 saturated heterocycles. The summed E-state index contributed by atoms with van der Waals surface area (Å²) in [4.78, 5) is 38.8. The molecule has 1 saturated carbocycles. The Hall–Kier alpha value is -3.39. The molecule has 0 atom stereocenters. The van der Waals surface area contributed by atoms with Crippen molar-refractivity contribution in [3.05, 3.63) is 70.6 Å². The Morgan fingerprint density at radius 1 is 1.16 bits per heavy atom. The zero-order chi connectivity index (χ0) is 22.8. The van der Waals surface area contributed by atoms with Gasteiger partial charge in [0.25, 0.3) is 5.91 Å². The number of para-hydroxylation sites is 1. The molecular formula is C23H22ClFN4O3. The van der Waals surface area contributed by atoms with Gasteiger partial charge in [-0.1, -0.05) is 41.9 Å². The first kappa shape index (κ1) is 21.8. The molecule has 3 amide bonds. The van der Waals surface area contributed by atoms with Crippen LogP contribution in [0.15, 0.2) is 48.7 Å². The van der Waals surface area contributed by atoms with Gasteiger partial charge in [-0.3, -0.25) is 14.4 Å². The van der Waals surface area contributed by atoms with Crippen molar-refractivity contribution in [2.75, 3.05) is 6.54 Å². The first-order valence-electron chi connectivity index (χ1n) is 10.2. The molecule has 1 heterocycles. The predicted octanol–water partition coefficient (Wildman–Crippen LogP) is 2.84. The van der Waals surface area contributed by atoms with Crippen molar-refractivity contribution in [3.8, 4) is 0 Å². The summed E-state index contributed by atoms with van der Waals surface area (Å²) in [5.74, 6) is -1.78. The first-order chi connectivity index (χ1) is 15.3. The van der Waals surface area contributed by atoms with E-state index in [-0.39, 0.29) is 48.1 Å². The number of carbonyl (C=O) groups excluding carboxylic acids is 3. The van der Waals surface area contributed by atoms with Gasteiger partial charge in [-0.25, -0.2) is 4.39 Å². The molecule has 9 heteroatoms. The summed E-state index contributed by atoms with van der Waals surface area (Å²) < 4.78 is 15.7. The van der Waals surface area contributed by atoms with Gasteiger partial charge in [0, 0.05) is 35.2 Å². The van der Waals surface area contributed by atoms with E-state index in [0.717, 1.165) is 12.8 Å². The van der Waals surface area contributed by atoms with Crippen LogP contribution in [0.5, 0.6) is 0 Å². The summed E-state index contributed by atoms with van der Waals surface area (Å²) >= 11 is 5.77. The van der Waals surface area contributed by atoms with E-state index in [1.54, 1.807) is 35.0 Å². The number of rotatable bonds is 8. The van der Waals surface area contributed by atoms with E-state index in [1.165, 1.54) is 11.0 Å². The number of nitrogens with zero attached hydrogens (tertiary/aromatic N) is 2. The second kappa shape index (κ2) is 9.00. The minimum atomic E-state index is -0.575. The largest absolute Gasteiger partial charge is 0.366 e. The number of nitrogens with one attached hydrogen (secondary N) is 1. The van der Waals surface area contributed by atoms with Gasteiger partial charge in [0.05, 0.1) is 17.1 Å². The third-order valence-electron chi connectivity index (χ3n) is 5.49. The lowest BCUT2D eigenvalue weighted by Gasteiger charge is -2.22. The second-order valence-corrected chi connectivity index (χ2v) is 8.20. The molecule has 1 aliphatic rings. The van der Waals surface area contributed by atoms with Gasteiger partial charge in [0.1, 0.15) is 12.4 Å². The van der Waals surface area contributed by atoms with E-state index < -0.39 is 11.7 Å². The smallest absolute Gasteiger partial charge is 0.250 e. The Balaban J connectivity index is 1.45. The van der Waals surface area contributed by atoms with E-state index in [4.69, 9.17) is 17.3 Å². The molecule has 7 nitrogen and oxygen atoms in total. The highest BCUT2D eigenvalue weighted by atomic mass is 35.5. The van der Waals surface area contributed by atoms with Crippen molar-refractivity contribution in [3.63, 3.8) is 0 Å². The van der Waals surface area contributed by atoms with Crippen LogP contribution in [-0.4, -0.2) is 39.8 Å². The normalized spacial score (nSPS) is 13.2. The van der Waals surface area contributed by atoms with Gasteiger partial charge >= 0.3 is 0 Å². The molecule has 0 bridgehead atoms. The molecule has 0 aliphatic heterocycles. The Morgan fingerprint density at radius 2 is 1.91 bits per heavy atom. The van der Waals surface area contributed by atoms with Gasteiger partial charge < -0.3 is 20.5 Å². The number of amides is 3. The lowest BCUT2D eigenvalue weighted by atomic mass is 10.2. The topological polar surface area (TPSA) is 97.4 Å². The maximum Gasteiger partial charge on any atom is 0.250 e. The Kier molecular flexibility index (Phi) is 6.14. The molecule has 0 spiro atoms. The van der Waals surface area contributed by atoms with Crippen LogP contribution in [0.25, 0.3) is 10.9 Å². The van der Waals surface area contributed by atoms with Crippen molar-refractivity contribution in [2.45, 2.75) is 32.0 Å². The maximum absolute atomic E-state index is 14.0. The van der Waals surface area contributed by atoms with Crippen LogP contribution < -0.4 is 11.1 Å². The number of carbonyl (C=O) groups is 3. The zero-order valence-electron chi connectivity index (χ0n) is 17.2. The highest BCUT2D eigenvalue weighted by Crippen LogP contribution is 2.28. The van der Waals surface area contributed by atoms with Crippen molar-refractivity contribution in [2.24, 2.45) is 5.73 Å². The van der Waals surface area contributed by atoms with E-state index >= 15 is 0 Å². The summed E-state index contributed by atoms with van der Waals surface area (Å²) in [5, 5.41) is 3.31. The van der Waals surface area contributed by atoms with Gasteiger partial charge in [-0.2, -0.15) is 0 Å². The highest BCUT2D eigenvalue weighted by Gasteiger charge is 2.34. The number of fused-ring (bicyclic) bond motifs is 1. The van der Waals surface area contributed by atoms with E-state index in [0.29, 0.717) is 16.5 Å². The number of benzene rings is 2. The summed E-state index contributed by atoms with van der Waals surface area (Å²) in [5.41, 5.74) is 6.80. The van der Waals surface area contributed by atoms with Gasteiger partial charge in [0.2, 0.25) is 11.8 Å². The van der Waals surface area contributed by atoms with Crippen LogP contribution >= 0.6 is 11.6 Å². The summed E-state index contributed by atoms with van der Waals surface area (Å²) in [6, 6.07) is 11.8. The molecule has 0 radical (unpaired) electrons. The number of hydrogen-bond acceptors (Lipinski definition) is 3. The molecule has 2 aromatic carbocycles. The fourth-order valence-corrected chi connectivity index (χ4v) is 3.90. The second-order valence-electron chi connectivity index (χ2n) is 7.79. The predicted molar refractivity (Wildman–Crippen MR) is 118 cm³/mol. The van der Waals surface area contributed by atoms with Gasteiger partial charge in [-0.15, -0.1) is 0 Å². The fraction of sp³-hybridized carbons (Fsp3) is 0.261. The quantitative estimate of drug-likeness (QED) is 0.545. The Morgan fingerprint density at radius 3 is 2.62 bits per heavy atom. The van der Waals surface area contributed by atoms with Crippen LogP contribution in [0.2, 0.25) is 5.02 Å². The average Bonchev–Trinajstić information content (AvgIpc) is 3.54. The Labute approximate surface area is 188 Å². The van der Waals surface area contributed by atoms with Gasteiger partial charge in [0.15, 0.2) is 0 Å². The lowest BCUT2D eigenvalue weighted by Crippen LogP contribution is -2.43. The third-order valence-corrected chi connectivity index (χ3v) is 5.78. The van der Waals surface area contributed by atoms with E-state index in [1.807, 2.05) is 12.1 Å². The third kappa shape index (κ3) is 4.60. The van der Waals surface area contributed by atoms with Crippen LogP contribution in [0.1, 0.15) is 28.8 Å². The Bertz CT molecular complexity index is 1210. The van der Waals surface area contributed by atoms with E-state index in [9.17, 15) is 18.8 Å². The average molecular weight is 457 g/mol. The molecule has 166 valence electrons. The van der Waals surface area contributed by atoms with Crippen LogP contribution in [0.4, 0.5) is 4.39 Å². The molecular weight excluding hydrogens is 435 g/mol. The zero-order valence-corrected chi connectivity index (χ0v) is 17.9. The molecule has 1 aliphatic carbocycles. The van der Waals surface area contributed by atoms with Crippen molar-refractivity contribution >= 4 is 40.2 Å². The van der Waals surface area contributed by atoms with Crippen LogP contribution in [0, 0.1) is 5.82 Å². The SMILES string of the molecule is NC(=O)c1cn(CC(=O)N(CC(=O)NCc2cccc(Cl)c2F)C2CC2)c2ccccc12. The fourth-order valence-electron chi connectivity index (χ4n) is 3.71. The molecule has 1 aromatic heterocycles. The minimum Gasteiger partial charge on any atom is -0.366 e. The number of aromatic nitrogens is 1. The molecule has 3 aromatic rings. The summed E-state index contributed by atoms with van der Waals surface area (Å²) in [7, 11) is 0. The van der Waals surface area contributed by atoms with Crippen molar-refractivity contribution in [1.82, 2.24) is 14.8 Å². The standard InChI is InChI=1S/C23H22ClFN4O3/c24-18-6-3-4-14(22(18)25)10-27-20(30)12-29(15-8-9-15)21(31)13-28-11-17(23(26)32)16-5-1-2-7-19(16)28/h1-7,11,15H,8-10,12-13H2,(H2,26,32)(H,27,30). The van der Waals surface area contributed by atoms with E-state index in [2.05, 4.69) is 5.32 Å². The van der Waals surface area contributed by atoms with Crippen LogP contribution in [-0.2, 0) is 22.7 Å². The number of primary amides is 1. The number of halogens is 2. The lowest BCUT2D eigenvalue weighted by molar-refractivity contribution is -0.137. The van der Waals surface area contributed by atoms with Gasteiger partial charge in [-0.05, 0) is 25.0 Å². The van der Waals surface area contributed by atoms with Crippen molar-refractivity contribution < 1.29 is 18.8 Å². The molecule has 0 unspecified atom stereocenters. The maximum atomic E-state index is 14.0. The van der Waals surface area contributed by atoms with Crippen molar-refractivity contribution in [1.29, 1.82) is 0 Å². The summed E-state index contributed by atoms with van der Waals surface area (Å²) in [6.45, 7) is -0.184. The highest BCUT2D eigenvalue weighted by molar-refractivity contribution is 6.30. The number of hydrogen-bond donors (Lipinski definition) is 2. The minimum absolute atomic E-state index is 0.00593. The molecule has 3 N–H and O–H groups in total.